The van der Waals surface area contributed by atoms with Crippen LogP contribution in [0.15, 0.2) is 36.4 Å². The van der Waals surface area contributed by atoms with E-state index in [-0.39, 0.29) is 24.9 Å². The highest BCUT2D eigenvalue weighted by Crippen LogP contribution is 2.19. The summed E-state index contributed by atoms with van der Waals surface area (Å²) in [5.74, 6) is -0.461. The molecule has 0 radical (unpaired) electrons. The molecule has 0 atom stereocenters. The maximum absolute atomic E-state index is 12.1. The van der Waals surface area contributed by atoms with Gasteiger partial charge in [0, 0.05) is 11.4 Å². The molecule has 0 saturated carbocycles. The molecule has 3 N–H and O–H groups in total. The summed E-state index contributed by atoms with van der Waals surface area (Å²) >= 11 is 0. The minimum absolute atomic E-state index is 0.0545. The van der Waals surface area contributed by atoms with Crippen LogP contribution in [-0.2, 0) is 9.59 Å². The van der Waals surface area contributed by atoms with Gasteiger partial charge in [-0.05, 0) is 49.9 Å². The molecule has 2 aromatic carbocycles. The van der Waals surface area contributed by atoms with Crippen molar-refractivity contribution in [2.24, 2.45) is 0 Å². The van der Waals surface area contributed by atoms with Crippen LogP contribution in [0.1, 0.15) is 22.3 Å². The van der Waals surface area contributed by atoms with Crippen molar-refractivity contribution < 1.29 is 9.59 Å². The van der Waals surface area contributed by atoms with Gasteiger partial charge in [0.15, 0.2) is 0 Å². The molecule has 0 unspecified atom stereocenters. The molecule has 0 spiro atoms. The topological polar surface area (TPSA) is 70.2 Å². The Bertz CT molecular complexity index is 744. The van der Waals surface area contributed by atoms with Crippen LogP contribution in [0.3, 0.4) is 0 Å². The van der Waals surface area contributed by atoms with E-state index in [1.807, 2.05) is 64.1 Å². The van der Waals surface area contributed by atoms with Crippen LogP contribution < -0.4 is 16.0 Å². The average molecular weight is 339 g/mol. The molecular weight excluding hydrogens is 314 g/mol. The van der Waals surface area contributed by atoms with Crippen LogP contribution in [0.2, 0.25) is 0 Å². The summed E-state index contributed by atoms with van der Waals surface area (Å²) < 4.78 is 0. The van der Waals surface area contributed by atoms with Crippen molar-refractivity contribution in [2.45, 2.75) is 27.7 Å². The molecule has 0 aliphatic heterocycles. The van der Waals surface area contributed by atoms with Crippen molar-refractivity contribution in [3.8, 4) is 0 Å². The summed E-state index contributed by atoms with van der Waals surface area (Å²) in [6, 6.07) is 11.8. The lowest BCUT2D eigenvalue weighted by molar-refractivity contribution is -0.122. The highest BCUT2D eigenvalue weighted by Gasteiger charge is 2.10. The summed E-state index contributed by atoms with van der Waals surface area (Å²) in [7, 11) is 0. The quantitative estimate of drug-likeness (QED) is 0.757. The zero-order valence-electron chi connectivity index (χ0n) is 15.2. The monoisotopic (exact) mass is 339 g/mol. The summed E-state index contributed by atoms with van der Waals surface area (Å²) in [6.45, 7) is 7.94. The Morgan fingerprint density at radius 3 is 1.72 bits per heavy atom. The first-order valence-corrected chi connectivity index (χ1v) is 8.31. The van der Waals surface area contributed by atoms with E-state index in [9.17, 15) is 9.59 Å². The van der Waals surface area contributed by atoms with Crippen LogP contribution in [0, 0.1) is 27.7 Å². The van der Waals surface area contributed by atoms with Gasteiger partial charge in [0.05, 0.1) is 13.1 Å². The summed E-state index contributed by atoms with van der Waals surface area (Å²) in [5.41, 5.74) is 5.92. The lowest BCUT2D eigenvalue weighted by atomic mass is 10.1. The maximum atomic E-state index is 12.1. The van der Waals surface area contributed by atoms with Gasteiger partial charge in [0.2, 0.25) is 11.8 Å². The molecule has 2 rings (SSSR count). The van der Waals surface area contributed by atoms with Gasteiger partial charge >= 0.3 is 0 Å². The smallest absolute Gasteiger partial charge is 0.243 e. The normalized spacial score (nSPS) is 10.2. The predicted octanol–water partition coefficient (Wildman–Crippen LogP) is 3.09. The van der Waals surface area contributed by atoms with Crippen molar-refractivity contribution in [3.63, 3.8) is 0 Å². The maximum Gasteiger partial charge on any atom is 0.243 e. The first-order valence-electron chi connectivity index (χ1n) is 8.31. The number of benzene rings is 2. The van der Waals surface area contributed by atoms with Crippen molar-refractivity contribution in [3.05, 3.63) is 58.7 Å². The number of amides is 2. The number of carbonyl (C=O) groups excluding carboxylic acids is 2. The van der Waals surface area contributed by atoms with Crippen LogP contribution >= 0.6 is 0 Å². The van der Waals surface area contributed by atoms with Crippen LogP contribution in [0.25, 0.3) is 0 Å². The predicted molar refractivity (Wildman–Crippen MR) is 102 cm³/mol. The zero-order valence-corrected chi connectivity index (χ0v) is 15.2. The number of nitrogens with one attached hydrogen (secondary N) is 3. The van der Waals surface area contributed by atoms with E-state index >= 15 is 0 Å². The van der Waals surface area contributed by atoms with Crippen molar-refractivity contribution in [2.75, 3.05) is 23.7 Å². The molecule has 5 nitrogen and oxygen atoms in total. The Hall–Kier alpha value is -2.82. The average Bonchev–Trinajstić information content (AvgIpc) is 2.56. The van der Waals surface area contributed by atoms with E-state index in [0.29, 0.717) is 0 Å². The lowest BCUT2D eigenvalue weighted by Gasteiger charge is -2.13. The van der Waals surface area contributed by atoms with Gasteiger partial charge < -0.3 is 16.0 Å². The number of carbonyl (C=O) groups is 2. The fourth-order valence-electron chi connectivity index (χ4n) is 2.70. The number of hydrogen-bond acceptors (Lipinski definition) is 3. The lowest BCUT2D eigenvalue weighted by Crippen LogP contribution is -2.36. The summed E-state index contributed by atoms with van der Waals surface area (Å²) in [4.78, 5) is 24.0. The molecule has 132 valence electrons. The minimum Gasteiger partial charge on any atom is -0.376 e. The second-order valence-corrected chi connectivity index (χ2v) is 6.21. The zero-order chi connectivity index (χ0) is 18.4. The molecule has 0 heterocycles. The van der Waals surface area contributed by atoms with E-state index < -0.39 is 0 Å². The highest BCUT2D eigenvalue weighted by molar-refractivity contribution is 5.96. The second-order valence-electron chi connectivity index (χ2n) is 6.21. The van der Waals surface area contributed by atoms with E-state index in [0.717, 1.165) is 33.6 Å². The molecule has 0 fully saturated rings. The molecule has 5 heteroatoms. The molecule has 0 saturated heterocycles. The van der Waals surface area contributed by atoms with Gasteiger partial charge in [-0.3, -0.25) is 9.59 Å². The molecule has 0 aliphatic rings. The highest BCUT2D eigenvalue weighted by atomic mass is 16.2. The number of para-hydroxylation sites is 2. The fraction of sp³-hybridized carbons (Fsp3) is 0.300. The van der Waals surface area contributed by atoms with E-state index in [4.69, 9.17) is 0 Å². The van der Waals surface area contributed by atoms with Gasteiger partial charge in [-0.1, -0.05) is 36.4 Å². The Labute approximate surface area is 148 Å². The van der Waals surface area contributed by atoms with Gasteiger partial charge in [-0.15, -0.1) is 0 Å². The summed E-state index contributed by atoms with van der Waals surface area (Å²) in [6.07, 6.45) is 0. The third-order valence-electron chi connectivity index (χ3n) is 4.10. The largest absolute Gasteiger partial charge is 0.376 e. The molecule has 2 amide bonds. The van der Waals surface area contributed by atoms with E-state index in [1.54, 1.807) is 0 Å². The van der Waals surface area contributed by atoms with Crippen LogP contribution in [0.5, 0.6) is 0 Å². The van der Waals surface area contributed by atoms with Crippen molar-refractivity contribution >= 4 is 23.2 Å². The first kappa shape index (κ1) is 18.5. The standard InChI is InChI=1S/C20H25N3O2/c1-13-7-5-8-14(2)19(13)22-11-17(24)21-12-18(25)23-20-15(3)9-6-10-16(20)4/h5-10,22H,11-12H2,1-4H3,(H,21,24)(H,23,25). The van der Waals surface area contributed by atoms with E-state index in [1.165, 1.54) is 0 Å². The number of aryl methyl sites for hydroxylation is 4. The summed E-state index contributed by atoms with van der Waals surface area (Å²) in [5, 5.41) is 8.62. The van der Waals surface area contributed by atoms with Crippen molar-refractivity contribution in [1.29, 1.82) is 0 Å². The van der Waals surface area contributed by atoms with Crippen LogP contribution in [-0.4, -0.2) is 24.9 Å². The Morgan fingerprint density at radius 2 is 1.20 bits per heavy atom. The number of anilines is 2. The second kappa shape index (κ2) is 8.33. The molecule has 0 bridgehead atoms. The van der Waals surface area contributed by atoms with Gasteiger partial charge in [0.1, 0.15) is 0 Å². The van der Waals surface area contributed by atoms with Gasteiger partial charge in [-0.25, -0.2) is 0 Å². The van der Waals surface area contributed by atoms with Crippen molar-refractivity contribution in [1.82, 2.24) is 5.32 Å². The fourth-order valence-corrected chi connectivity index (χ4v) is 2.70. The molecule has 0 aliphatic carbocycles. The third-order valence-corrected chi connectivity index (χ3v) is 4.10. The molecule has 2 aromatic rings. The molecular formula is C20H25N3O2. The Kier molecular flexibility index (Phi) is 6.17. The Morgan fingerprint density at radius 1 is 0.720 bits per heavy atom. The van der Waals surface area contributed by atoms with Gasteiger partial charge in [-0.2, -0.15) is 0 Å². The minimum atomic E-state index is -0.238. The first-order chi connectivity index (χ1) is 11.9. The SMILES string of the molecule is Cc1cccc(C)c1NCC(=O)NCC(=O)Nc1c(C)cccc1C. The molecule has 25 heavy (non-hydrogen) atoms. The van der Waals surface area contributed by atoms with Gasteiger partial charge in [0.25, 0.3) is 0 Å². The van der Waals surface area contributed by atoms with Crippen LogP contribution in [0.4, 0.5) is 11.4 Å². The third kappa shape index (κ3) is 5.08. The number of rotatable bonds is 6. The van der Waals surface area contributed by atoms with E-state index in [2.05, 4.69) is 16.0 Å². The Balaban J connectivity index is 1.83. The number of hydrogen-bond donors (Lipinski definition) is 3. The molecule has 0 aromatic heterocycles.